The van der Waals surface area contributed by atoms with Gasteiger partial charge in [-0.1, -0.05) is 11.1 Å². The first-order chi connectivity index (χ1) is 17.0. The lowest BCUT2D eigenvalue weighted by molar-refractivity contribution is 0.245. The van der Waals surface area contributed by atoms with Gasteiger partial charge in [0.25, 0.3) is 0 Å². The van der Waals surface area contributed by atoms with Crippen molar-refractivity contribution in [1.82, 2.24) is 39.4 Å². The number of halogens is 1. The lowest BCUT2D eigenvalue weighted by atomic mass is 10.1. The predicted molar refractivity (Wildman–Crippen MR) is 128 cm³/mol. The molecule has 2 N–H and O–H groups in total. The number of nitrogens with zero attached hydrogens (tertiary/aromatic N) is 9. The summed E-state index contributed by atoms with van der Waals surface area (Å²) in [6.45, 7) is 8.07. The number of anilines is 2. The van der Waals surface area contributed by atoms with Crippen LogP contribution in [0.1, 0.15) is 18.4 Å². The maximum atomic E-state index is 14.7. The van der Waals surface area contributed by atoms with E-state index in [0.717, 1.165) is 49.2 Å². The smallest absolute Gasteiger partial charge is 0.226 e. The maximum absolute atomic E-state index is 14.7. The molecule has 0 radical (unpaired) electrons. The van der Waals surface area contributed by atoms with E-state index in [9.17, 15) is 4.39 Å². The Labute approximate surface area is 199 Å². The summed E-state index contributed by atoms with van der Waals surface area (Å²) in [6.07, 6.45) is 1.73. The first kappa shape index (κ1) is 21.3. The summed E-state index contributed by atoms with van der Waals surface area (Å²) in [7, 11) is 0. The molecule has 11 nitrogen and oxygen atoms in total. The summed E-state index contributed by atoms with van der Waals surface area (Å²) in [5.41, 5.74) is 9.20. The summed E-state index contributed by atoms with van der Waals surface area (Å²) in [5, 5.41) is 14.4. The minimum atomic E-state index is -0.290. The van der Waals surface area contributed by atoms with Crippen LogP contribution < -0.4 is 10.6 Å². The summed E-state index contributed by atoms with van der Waals surface area (Å²) >= 11 is 0. The Bertz CT molecular complexity index is 1630. The second kappa shape index (κ2) is 8.21. The van der Waals surface area contributed by atoms with Gasteiger partial charge in [0.15, 0.2) is 16.9 Å². The van der Waals surface area contributed by atoms with E-state index in [1.807, 2.05) is 17.7 Å². The molecule has 12 heteroatoms. The van der Waals surface area contributed by atoms with Gasteiger partial charge in [0.1, 0.15) is 5.82 Å². The molecule has 0 aliphatic carbocycles. The number of hydrogen-bond donors (Lipinski definition) is 1. The van der Waals surface area contributed by atoms with Crippen molar-refractivity contribution in [3.8, 4) is 11.8 Å². The van der Waals surface area contributed by atoms with E-state index in [1.54, 1.807) is 13.1 Å². The predicted octanol–water partition coefficient (Wildman–Crippen LogP) is 1.84. The Hall–Kier alpha value is -4.24. The Morgan fingerprint density at radius 2 is 1.91 bits per heavy atom. The van der Waals surface area contributed by atoms with Crippen LogP contribution in [0.25, 0.3) is 27.6 Å². The highest BCUT2D eigenvalue weighted by Gasteiger charge is 2.22. The van der Waals surface area contributed by atoms with Crippen LogP contribution in [0.3, 0.4) is 0 Å². The van der Waals surface area contributed by atoms with Gasteiger partial charge < -0.3 is 15.2 Å². The number of aryl methyl sites for hydroxylation is 1. The first-order valence-corrected chi connectivity index (χ1v) is 11.3. The number of nitrogen functional groups attached to an aromatic ring is 1. The molecule has 0 atom stereocenters. The number of piperazine rings is 1. The molecule has 35 heavy (non-hydrogen) atoms. The molecular formula is C23H23FN10O. The van der Waals surface area contributed by atoms with E-state index in [-0.39, 0.29) is 11.8 Å². The molecule has 6 rings (SSSR count). The van der Waals surface area contributed by atoms with E-state index in [0.29, 0.717) is 34.9 Å². The molecule has 0 spiro atoms. The second-order valence-electron chi connectivity index (χ2n) is 8.52. The maximum Gasteiger partial charge on any atom is 0.226 e. The summed E-state index contributed by atoms with van der Waals surface area (Å²) < 4.78 is 23.2. The molecule has 1 aliphatic rings. The van der Waals surface area contributed by atoms with Crippen LogP contribution in [0.4, 0.5) is 16.0 Å². The van der Waals surface area contributed by atoms with Crippen molar-refractivity contribution in [2.45, 2.75) is 20.4 Å². The fourth-order valence-corrected chi connectivity index (χ4v) is 4.54. The van der Waals surface area contributed by atoms with Gasteiger partial charge in [-0.05, 0) is 25.8 Å². The molecule has 5 heterocycles. The molecule has 0 saturated carbocycles. The number of benzene rings is 1. The Morgan fingerprint density at radius 1 is 1.09 bits per heavy atom. The third-order valence-corrected chi connectivity index (χ3v) is 6.39. The normalized spacial score (nSPS) is 14.8. The number of rotatable bonds is 4. The minimum Gasteiger partial charge on any atom is -0.368 e. The third-order valence-electron chi connectivity index (χ3n) is 6.39. The number of nitrogens with two attached hydrogens (primary N) is 1. The fourth-order valence-electron chi connectivity index (χ4n) is 4.54. The molecule has 5 aromatic rings. The number of aromatic nitrogens is 7. The third kappa shape index (κ3) is 3.60. The van der Waals surface area contributed by atoms with Gasteiger partial charge in [-0.25, -0.2) is 9.07 Å². The van der Waals surface area contributed by atoms with Gasteiger partial charge >= 0.3 is 0 Å². The Kier molecular flexibility index (Phi) is 5.00. The lowest BCUT2D eigenvalue weighted by Crippen LogP contribution is -2.47. The van der Waals surface area contributed by atoms with E-state index >= 15 is 0 Å². The number of fused-ring (bicyclic) bond motifs is 4. The zero-order chi connectivity index (χ0) is 24.1. The molecule has 0 amide bonds. The molecule has 4 aromatic heterocycles. The van der Waals surface area contributed by atoms with Crippen molar-refractivity contribution in [2.75, 3.05) is 43.4 Å². The van der Waals surface area contributed by atoms with Crippen LogP contribution in [0.2, 0.25) is 0 Å². The van der Waals surface area contributed by atoms with Crippen LogP contribution in [0, 0.1) is 24.6 Å². The van der Waals surface area contributed by atoms with E-state index in [4.69, 9.17) is 10.3 Å². The minimum absolute atomic E-state index is 0.238. The van der Waals surface area contributed by atoms with Gasteiger partial charge in [-0.15, -0.1) is 5.10 Å². The lowest BCUT2D eigenvalue weighted by Gasteiger charge is -2.36. The zero-order valence-electron chi connectivity index (χ0n) is 19.4. The van der Waals surface area contributed by atoms with Gasteiger partial charge in [0, 0.05) is 44.2 Å². The SMILES string of the molecule is CC#Cc1nc2c3cnn(CCN4CCN(c5cc6c(C)noc6cc5F)CC4)c3nc(N)n2n1. The summed E-state index contributed by atoms with van der Waals surface area (Å²) in [5.74, 6) is 5.98. The van der Waals surface area contributed by atoms with Gasteiger partial charge in [0.2, 0.25) is 11.8 Å². The van der Waals surface area contributed by atoms with Crippen LogP contribution in [-0.4, -0.2) is 72.1 Å². The van der Waals surface area contributed by atoms with Gasteiger partial charge in [0.05, 0.1) is 29.5 Å². The van der Waals surface area contributed by atoms with Crippen LogP contribution in [0.15, 0.2) is 22.9 Å². The van der Waals surface area contributed by atoms with Crippen LogP contribution >= 0.6 is 0 Å². The highest BCUT2D eigenvalue weighted by atomic mass is 19.1. The topological polar surface area (TPSA) is 119 Å². The van der Waals surface area contributed by atoms with Crippen molar-refractivity contribution < 1.29 is 8.91 Å². The van der Waals surface area contributed by atoms with Gasteiger partial charge in [-0.2, -0.15) is 19.6 Å². The molecule has 1 saturated heterocycles. The van der Waals surface area contributed by atoms with Crippen molar-refractivity contribution >= 4 is 39.3 Å². The Morgan fingerprint density at radius 3 is 2.71 bits per heavy atom. The monoisotopic (exact) mass is 474 g/mol. The zero-order valence-corrected chi connectivity index (χ0v) is 19.4. The largest absolute Gasteiger partial charge is 0.368 e. The first-order valence-electron chi connectivity index (χ1n) is 11.3. The van der Waals surface area contributed by atoms with Crippen molar-refractivity contribution in [1.29, 1.82) is 0 Å². The average Bonchev–Trinajstić information content (AvgIpc) is 3.55. The summed E-state index contributed by atoms with van der Waals surface area (Å²) in [4.78, 5) is 13.4. The molecule has 1 aliphatic heterocycles. The molecule has 1 fully saturated rings. The summed E-state index contributed by atoms with van der Waals surface area (Å²) in [6, 6.07) is 3.25. The average molecular weight is 475 g/mol. The van der Waals surface area contributed by atoms with Crippen molar-refractivity contribution in [3.63, 3.8) is 0 Å². The van der Waals surface area contributed by atoms with E-state index in [1.165, 1.54) is 10.6 Å². The van der Waals surface area contributed by atoms with Crippen molar-refractivity contribution in [3.05, 3.63) is 35.7 Å². The molecular weight excluding hydrogens is 451 g/mol. The standard InChI is InChI=1S/C23H23FN10O/c1-3-4-20-27-22-16-13-26-33(21(16)28-23(25)34(22)29-20)10-7-31-5-8-32(9-6-31)18-11-15-14(2)30-35-19(15)12-17(18)24/h11-13H,5-10H2,1-2H3,(H2,25,28). The number of hydrogen-bond acceptors (Lipinski definition) is 9. The van der Waals surface area contributed by atoms with Gasteiger partial charge in [-0.3, -0.25) is 4.90 Å². The highest BCUT2D eigenvalue weighted by Crippen LogP contribution is 2.28. The molecule has 1 aromatic carbocycles. The quantitative estimate of drug-likeness (QED) is 0.389. The van der Waals surface area contributed by atoms with Crippen LogP contribution in [-0.2, 0) is 6.54 Å². The van der Waals surface area contributed by atoms with Crippen LogP contribution in [0.5, 0.6) is 0 Å². The Balaban J connectivity index is 1.16. The van der Waals surface area contributed by atoms with Crippen molar-refractivity contribution in [2.24, 2.45) is 0 Å². The van der Waals surface area contributed by atoms with E-state index < -0.39 is 0 Å². The second-order valence-corrected chi connectivity index (χ2v) is 8.52. The fraction of sp³-hybridized carbons (Fsp3) is 0.348. The highest BCUT2D eigenvalue weighted by molar-refractivity contribution is 5.89. The molecule has 178 valence electrons. The molecule has 0 bridgehead atoms. The van der Waals surface area contributed by atoms with E-state index in [2.05, 4.69) is 47.0 Å². The molecule has 0 unspecified atom stereocenters.